The van der Waals surface area contributed by atoms with E-state index in [0.29, 0.717) is 21.6 Å². The lowest BCUT2D eigenvalue weighted by atomic mass is 10.4. The first-order chi connectivity index (χ1) is 7.99. The smallest absolute Gasteiger partial charge is 0.343 e. The molecule has 2 heterocycles. The Labute approximate surface area is 105 Å². The van der Waals surface area contributed by atoms with Crippen molar-refractivity contribution in [2.24, 2.45) is 7.05 Å². The summed E-state index contributed by atoms with van der Waals surface area (Å²) in [6, 6.07) is 0. The summed E-state index contributed by atoms with van der Waals surface area (Å²) in [5.74, 6) is 0. The van der Waals surface area contributed by atoms with E-state index in [-0.39, 0.29) is 11.0 Å². The Hall–Kier alpha value is -1.54. The second-order valence-corrected chi connectivity index (χ2v) is 4.56. The summed E-state index contributed by atoms with van der Waals surface area (Å²) in [5.41, 5.74) is 6.54. The summed E-state index contributed by atoms with van der Waals surface area (Å²) in [7, 11) is 1.60. The minimum atomic E-state index is -0.303. The van der Waals surface area contributed by atoms with E-state index in [0.717, 1.165) is 11.8 Å². The fourth-order valence-electron chi connectivity index (χ4n) is 1.11. The van der Waals surface area contributed by atoms with Crippen molar-refractivity contribution in [3.05, 3.63) is 21.5 Å². The van der Waals surface area contributed by atoms with Crippen LogP contribution in [-0.4, -0.2) is 24.7 Å². The third-order valence-corrected chi connectivity index (χ3v) is 3.32. The number of nitrogen functional groups attached to an aromatic ring is 1. The van der Waals surface area contributed by atoms with Crippen molar-refractivity contribution in [3.8, 4) is 0 Å². The number of nitrogens with zero attached hydrogens (tertiary/aromatic N) is 4. The van der Waals surface area contributed by atoms with Crippen LogP contribution in [0.25, 0.3) is 0 Å². The van der Waals surface area contributed by atoms with Gasteiger partial charge in [-0.1, -0.05) is 0 Å². The molecule has 2 aromatic heterocycles. The molecule has 0 saturated heterocycles. The fraction of sp³-hybridized carbons (Fsp3) is 0.250. The van der Waals surface area contributed by atoms with E-state index in [9.17, 15) is 4.79 Å². The Morgan fingerprint density at radius 3 is 2.76 bits per heavy atom. The van der Waals surface area contributed by atoms with Gasteiger partial charge in [-0.25, -0.2) is 19.9 Å². The number of aromatic nitrogens is 5. The number of anilines is 1. The van der Waals surface area contributed by atoms with E-state index in [2.05, 4.69) is 20.2 Å². The van der Waals surface area contributed by atoms with Crippen LogP contribution < -0.4 is 11.4 Å². The van der Waals surface area contributed by atoms with Crippen LogP contribution in [-0.2, 0) is 7.05 Å². The van der Waals surface area contributed by atoms with Gasteiger partial charge < -0.3 is 5.73 Å². The molecule has 17 heavy (non-hydrogen) atoms. The summed E-state index contributed by atoms with van der Waals surface area (Å²) >= 11 is 6.90. The molecule has 0 aromatic carbocycles. The molecule has 0 saturated carbocycles. The maximum atomic E-state index is 11.2. The van der Waals surface area contributed by atoms with E-state index in [1.165, 1.54) is 4.57 Å². The second-order valence-electron chi connectivity index (χ2n) is 3.27. The summed E-state index contributed by atoms with van der Waals surface area (Å²) in [5, 5.41) is 7.21. The van der Waals surface area contributed by atoms with Crippen molar-refractivity contribution in [1.29, 1.82) is 0 Å². The largest absolute Gasteiger partial charge is 0.395 e. The van der Waals surface area contributed by atoms with E-state index in [1.807, 2.05) is 0 Å². The molecule has 2 aromatic rings. The molecule has 0 amide bonds. The Morgan fingerprint density at radius 2 is 2.18 bits per heavy atom. The minimum Gasteiger partial charge on any atom is -0.395 e. The number of rotatable bonds is 2. The van der Waals surface area contributed by atoms with Crippen LogP contribution in [0.4, 0.5) is 5.69 Å². The molecule has 90 valence electrons. The third-order valence-electron chi connectivity index (χ3n) is 2.10. The lowest BCUT2D eigenvalue weighted by Crippen LogP contribution is -2.13. The average molecular weight is 273 g/mol. The molecule has 0 aliphatic rings. The fourth-order valence-corrected chi connectivity index (χ4v) is 2.25. The van der Waals surface area contributed by atoms with Crippen molar-refractivity contribution in [1.82, 2.24) is 24.7 Å². The number of hydrogen-bond acceptors (Lipinski definition) is 6. The maximum absolute atomic E-state index is 11.2. The quantitative estimate of drug-likeness (QED) is 0.613. The van der Waals surface area contributed by atoms with Gasteiger partial charge in [0.25, 0.3) is 0 Å². The van der Waals surface area contributed by atoms with Gasteiger partial charge in [-0.15, -0.1) is 5.10 Å². The SMILES string of the molecule is Cc1nc(Cl)nc(Sc2n[nH]c(=O)n2C)c1N. The maximum Gasteiger partial charge on any atom is 0.343 e. The second kappa shape index (κ2) is 4.38. The number of nitrogens with one attached hydrogen (secondary N) is 1. The van der Waals surface area contributed by atoms with Gasteiger partial charge in [0.2, 0.25) is 5.28 Å². The van der Waals surface area contributed by atoms with Gasteiger partial charge in [0.15, 0.2) is 5.16 Å². The summed E-state index contributed by atoms with van der Waals surface area (Å²) < 4.78 is 1.36. The van der Waals surface area contributed by atoms with Gasteiger partial charge in [-0.2, -0.15) is 0 Å². The number of H-pyrrole nitrogens is 1. The highest BCUT2D eigenvalue weighted by Gasteiger charge is 2.13. The van der Waals surface area contributed by atoms with Crippen LogP contribution in [0.15, 0.2) is 15.0 Å². The van der Waals surface area contributed by atoms with Gasteiger partial charge in [0, 0.05) is 7.05 Å². The standard InChI is InChI=1S/C8H9ClN6OS/c1-3-4(10)5(12-6(9)11-3)17-8-14-13-7(16)15(8)2/h10H2,1-2H3,(H,13,16). The van der Waals surface area contributed by atoms with Crippen LogP contribution in [0.3, 0.4) is 0 Å². The van der Waals surface area contributed by atoms with E-state index in [4.69, 9.17) is 17.3 Å². The highest BCUT2D eigenvalue weighted by Crippen LogP contribution is 2.30. The molecule has 0 aliphatic carbocycles. The van der Waals surface area contributed by atoms with Crippen LogP contribution >= 0.6 is 23.4 Å². The van der Waals surface area contributed by atoms with Crippen LogP contribution in [0.1, 0.15) is 5.69 Å². The van der Waals surface area contributed by atoms with Crippen molar-refractivity contribution in [2.75, 3.05) is 5.73 Å². The van der Waals surface area contributed by atoms with Gasteiger partial charge in [0.05, 0.1) is 11.4 Å². The van der Waals surface area contributed by atoms with Gasteiger partial charge >= 0.3 is 5.69 Å². The highest BCUT2D eigenvalue weighted by molar-refractivity contribution is 7.99. The number of halogens is 1. The number of hydrogen-bond donors (Lipinski definition) is 2. The Bertz CT molecular complexity index is 621. The molecule has 3 N–H and O–H groups in total. The van der Waals surface area contributed by atoms with Crippen molar-refractivity contribution in [3.63, 3.8) is 0 Å². The molecule has 0 spiro atoms. The molecular weight excluding hydrogens is 264 g/mol. The third kappa shape index (κ3) is 2.27. The Morgan fingerprint density at radius 1 is 1.47 bits per heavy atom. The Kier molecular flexibility index (Phi) is 3.07. The van der Waals surface area contributed by atoms with Crippen molar-refractivity contribution in [2.45, 2.75) is 17.1 Å². The summed E-state index contributed by atoms with van der Waals surface area (Å²) in [6.07, 6.45) is 0. The molecule has 0 unspecified atom stereocenters. The zero-order valence-corrected chi connectivity index (χ0v) is 10.6. The van der Waals surface area contributed by atoms with Gasteiger partial charge in [-0.3, -0.25) is 4.57 Å². The minimum absolute atomic E-state index is 0.111. The van der Waals surface area contributed by atoms with Gasteiger partial charge in [-0.05, 0) is 30.3 Å². The summed E-state index contributed by atoms with van der Waals surface area (Å²) in [6.45, 7) is 1.73. The zero-order chi connectivity index (χ0) is 12.6. The predicted octanol–water partition coefficient (Wildman–Crippen LogP) is 0.594. The van der Waals surface area contributed by atoms with E-state index >= 15 is 0 Å². The van der Waals surface area contributed by atoms with Crippen LogP contribution in [0.2, 0.25) is 5.28 Å². The predicted molar refractivity (Wildman–Crippen MR) is 64.1 cm³/mol. The lowest BCUT2D eigenvalue weighted by Gasteiger charge is -2.05. The topological polar surface area (TPSA) is 102 Å². The first-order valence-corrected chi connectivity index (χ1v) is 5.77. The molecule has 0 atom stereocenters. The number of aromatic amines is 1. The van der Waals surface area contributed by atoms with Crippen molar-refractivity contribution >= 4 is 29.1 Å². The molecule has 0 bridgehead atoms. The monoisotopic (exact) mass is 272 g/mol. The first-order valence-electron chi connectivity index (χ1n) is 4.58. The van der Waals surface area contributed by atoms with E-state index in [1.54, 1.807) is 14.0 Å². The lowest BCUT2D eigenvalue weighted by molar-refractivity contribution is 0.764. The molecule has 0 aliphatic heterocycles. The molecule has 0 radical (unpaired) electrons. The first kappa shape index (κ1) is 11.9. The van der Waals surface area contributed by atoms with Crippen molar-refractivity contribution < 1.29 is 0 Å². The normalized spacial score (nSPS) is 10.8. The zero-order valence-electron chi connectivity index (χ0n) is 9.06. The number of nitrogens with two attached hydrogens (primary N) is 1. The van der Waals surface area contributed by atoms with Crippen LogP contribution in [0, 0.1) is 6.92 Å². The average Bonchev–Trinajstić information content (AvgIpc) is 2.57. The molecule has 0 fully saturated rings. The molecular formula is C8H9ClN6OS. The van der Waals surface area contributed by atoms with Crippen LogP contribution in [0.5, 0.6) is 0 Å². The molecule has 2 rings (SSSR count). The summed E-state index contributed by atoms with van der Waals surface area (Å²) in [4.78, 5) is 19.1. The number of aryl methyl sites for hydroxylation is 1. The highest BCUT2D eigenvalue weighted by atomic mass is 35.5. The molecule has 7 nitrogen and oxygen atoms in total. The Balaban J connectivity index is 2.43. The van der Waals surface area contributed by atoms with E-state index < -0.39 is 0 Å². The molecule has 9 heteroatoms. The van der Waals surface area contributed by atoms with Gasteiger partial charge in [0.1, 0.15) is 5.03 Å².